The molecule has 1 saturated heterocycles. The molecule has 2 atom stereocenters. The van der Waals surface area contributed by atoms with Gasteiger partial charge in [-0.3, -0.25) is 0 Å². The summed E-state index contributed by atoms with van der Waals surface area (Å²) >= 11 is 0. The summed E-state index contributed by atoms with van der Waals surface area (Å²) in [6.07, 6.45) is 12.9. The number of ether oxygens (including phenoxy) is 2. The molecule has 0 N–H and O–H groups in total. The van der Waals surface area contributed by atoms with Gasteiger partial charge in [0.15, 0.2) is 6.10 Å². The lowest BCUT2D eigenvalue weighted by Crippen LogP contribution is -2.11. The SMILES string of the molecule is CCCCCCCCCCCC1OC1C(=O)OC. The van der Waals surface area contributed by atoms with Crippen molar-refractivity contribution in [2.45, 2.75) is 83.3 Å². The van der Waals surface area contributed by atoms with Gasteiger partial charge in [0.05, 0.1) is 13.2 Å². The summed E-state index contributed by atoms with van der Waals surface area (Å²) in [7, 11) is 1.42. The molecule has 1 fully saturated rings. The molecular formula is C15H28O3. The van der Waals surface area contributed by atoms with Crippen LogP contribution in [0.2, 0.25) is 0 Å². The maximum Gasteiger partial charge on any atom is 0.337 e. The summed E-state index contributed by atoms with van der Waals surface area (Å²) in [5, 5.41) is 0. The van der Waals surface area contributed by atoms with Crippen LogP contribution in [0.15, 0.2) is 0 Å². The first kappa shape index (κ1) is 15.5. The Bertz CT molecular complexity index is 228. The molecule has 3 heteroatoms. The van der Waals surface area contributed by atoms with Crippen LogP contribution in [-0.2, 0) is 14.3 Å². The molecule has 3 nitrogen and oxygen atoms in total. The number of methoxy groups -OCH3 is 1. The van der Waals surface area contributed by atoms with Crippen LogP contribution in [0.1, 0.15) is 71.1 Å². The van der Waals surface area contributed by atoms with Gasteiger partial charge in [0.1, 0.15) is 0 Å². The predicted octanol–water partition coefficient (Wildman–Crippen LogP) is 3.85. The normalized spacial score (nSPS) is 21.9. The molecule has 2 unspecified atom stereocenters. The van der Waals surface area contributed by atoms with Crippen molar-refractivity contribution in [1.82, 2.24) is 0 Å². The van der Waals surface area contributed by atoms with Crippen molar-refractivity contribution in [2.75, 3.05) is 7.11 Å². The second kappa shape index (κ2) is 9.37. The minimum atomic E-state index is -0.260. The fraction of sp³-hybridized carbons (Fsp3) is 0.933. The summed E-state index contributed by atoms with van der Waals surface area (Å²) in [6.45, 7) is 2.25. The molecule has 0 radical (unpaired) electrons. The Labute approximate surface area is 111 Å². The average molecular weight is 256 g/mol. The van der Waals surface area contributed by atoms with Crippen molar-refractivity contribution in [2.24, 2.45) is 0 Å². The Hall–Kier alpha value is -0.570. The highest BCUT2D eigenvalue weighted by molar-refractivity contribution is 5.77. The van der Waals surface area contributed by atoms with Crippen molar-refractivity contribution < 1.29 is 14.3 Å². The van der Waals surface area contributed by atoms with Gasteiger partial charge in [0.2, 0.25) is 0 Å². The Balaban J connectivity index is 1.79. The molecule has 0 spiro atoms. The van der Waals surface area contributed by atoms with Crippen LogP contribution in [0.3, 0.4) is 0 Å². The molecule has 0 bridgehead atoms. The van der Waals surface area contributed by atoms with E-state index in [1.165, 1.54) is 64.9 Å². The smallest absolute Gasteiger partial charge is 0.337 e. The number of carbonyl (C=O) groups excluding carboxylic acids is 1. The fourth-order valence-corrected chi connectivity index (χ4v) is 2.34. The first-order chi connectivity index (χ1) is 8.79. The Morgan fingerprint density at radius 2 is 1.56 bits per heavy atom. The van der Waals surface area contributed by atoms with Crippen LogP contribution >= 0.6 is 0 Å². The van der Waals surface area contributed by atoms with E-state index >= 15 is 0 Å². The van der Waals surface area contributed by atoms with Crippen LogP contribution in [0.5, 0.6) is 0 Å². The molecule has 1 heterocycles. The number of hydrogen-bond donors (Lipinski definition) is 0. The van der Waals surface area contributed by atoms with E-state index in [4.69, 9.17) is 4.74 Å². The standard InChI is InChI=1S/C15H28O3/c1-3-4-5-6-7-8-9-10-11-12-13-14(18-13)15(16)17-2/h13-14H,3-12H2,1-2H3. The van der Waals surface area contributed by atoms with E-state index in [0.29, 0.717) is 0 Å². The summed E-state index contributed by atoms with van der Waals surface area (Å²) in [6, 6.07) is 0. The van der Waals surface area contributed by atoms with Gasteiger partial charge in [-0.15, -0.1) is 0 Å². The van der Waals surface area contributed by atoms with Gasteiger partial charge >= 0.3 is 5.97 Å². The third-order valence-electron chi connectivity index (χ3n) is 3.61. The number of epoxide rings is 1. The van der Waals surface area contributed by atoms with E-state index in [-0.39, 0.29) is 18.2 Å². The van der Waals surface area contributed by atoms with Gasteiger partial charge in [-0.05, 0) is 6.42 Å². The van der Waals surface area contributed by atoms with Gasteiger partial charge in [-0.25, -0.2) is 4.79 Å². The zero-order valence-electron chi connectivity index (χ0n) is 12.0. The van der Waals surface area contributed by atoms with E-state index in [9.17, 15) is 4.79 Å². The highest BCUT2D eigenvalue weighted by Crippen LogP contribution is 2.28. The maximum atomic E-state index is 11.1. The summed E-state index contributed by atoms with van der Waals surface area (Å²) < 4.78 is 9.90. The van der Waals surface area contributed by atoms with Gasteiger partial charge < -0.3 is 9.47 Å². The fourth-order valence-electron chi connectivity index (χ4n) is 2.34. The van der Waals surface area contributed by atoms with Crippen LogP contribution in [-0.4, -0.2) is 25.3 Å². The first-order valence-electron chi connectivity index (χ1n) is 7.53. The van der Waals surface area contributed by atoms with Crippen molar-refractivity contribution >= 4 is 5.97 Å². The molecular weight excluding hydrogens is 228 g/mol. The second-order valence-corrected chi connectivity index (χ2v) is 5.24. The van der Waals surface area contributed by atoms with Crippen LogP contribution in [0, 0.1) is 0 Å². The average Bonchev–Trinajstić information content (AvgIpc) is 3.15. The van der Waals surface area contributed by atoms with Crippen LogP contribution < -0.4 is 0 Å². The highest BCUT2D eigenvalue weighted by Gasteiger charge is 2.45. The molecule has 1 aliphatic heterocycles. The minimum absolute atomic E-state index is 0.141. The van der Waals surface area contributed by atoms with Gasteiger partial charge in [0.25, 0.3) is 0 Å². The number of carbonyl (C=O) groups is 1. The summed E-state index contributed by atoms with van der Waals surface area (Å²) in [5.41, 5.74) is 0. The Kier molecular flexibility index (Phi) is 8.06. The lowest BCUT2D eigenvalue weighted by Gasteiger charge is -2.01. The maximum absolute atomic E-state index is 11.1. The Morgan fingerprint density at radius 3 is 2.11 bits per heavy atom. The zero-order chi connectivity index (χ0) is 13.2. The third-order valence-corrected chi connectivity index (χ3v) is 3.61. The summed E-state index contributed by atoms with van der Waals surface area (Å²) in [5.74, 6) is -0.212. The second-order valence-electron chi connectivity index (χ2n) is 5.24. The number of unbranched alkanes of at least 4 members (excludes halogenated alkanes) is 8. The van der Waals surface area contributed by atoms with Crippen LogP contribution in [0.25, 0.3) is 0 Å². The molecule has 106 valence electrons. The largest absolute Gasteiger partial charge is 0.467 e. The van der Waals surface area contributed by atoms with E-state index in [1.807, 2.05) is 0 Å². The molecule has 0 amide bonds. The Morgan fingerprint density at radius 1 is 1.00 bits per heavy atom. The van der Waals surface area contributed by atoms with Crippen molar-refractivity contribution in [3.05, 3.63) is 0 Å². The van der Waals surface area contributed by atoms with Gasteiger partial charge in [-0.2, -0.15) is 0 Å². The molecule has 0 aromatic carbocycles. The molecule has 1 rings (SSSR count). The number of hydrogen-bond acceptors (Lipinski definition) is 3. The van der Waals surface area contributed by atoms with Crippen molar-refractivity contribution in [1.29, 1.82) is 0 Å². The third kappa shape index (κ3) is 6.39. The molecule has 0 saturated carbocycles. The van der Waals surface area contributed by atoms with E-state index in [2.05, 4.69) is 11.7 Å². The lowest BCUT2D eigenvalue weighted by molar-refractivity contribution is -0.142. The van der Waals surface area contributed by atoms with Gasteiger partial charge in [-0.1, -0.05) is 64.7 Å². The topological polar surface area (TPSA) is 38.8 Å². The van der Waals surface area contributed by atoms with Crippen LogP contribution in [0.4, 0.5) is 0 Å². The van der Waals surface area contributed by atoms with Crippen molar-refractivity contribution in [3.63, 3.8) is 0 Å². The van der Waals surface area contributed by atoms with E-state index in [1.54, 1.807) is 0 Å². The van der Waals surface area contributed by atoms with E-state index < -0.39 is 0 Å². The molecule has 0 aromatic rings. The highest BCUT2D eigenvalue weighted by atomic mass is 16.6. The monoisotopic (exact) mass is 256 g/mol. The number of esters is 1. The van der Waals surface area contributed by atoms with E-state index in [0.717, 1.165) is 6.42 Å². The molecule has 18 heavy (non-hydrogen) atoms. The van der Waals surface area contributed by atoms with Gasteiger partial charge in [0, 0.05) is 0 Å². The lowest BCUT2D eigenvalue weighted by atomic mass is 10.1. The molecule has 0 aromatic heterocycles. The molecule has 0 aliphatic carbocycles. The van der Waals surface area contributed by atoms with Crippen molar-refractivity contribution in [3.8, 4) is 0 Å². The predicted molar refractivity (Wildman–Crippen MR) is 72.5 cm³/mol. The first-order valence-corrected chi connectivity index (χ1v) is 7.53. The molecule has 1 aliphatic rings. The zero-order valence-corrected chi connectivity index (χ0v) is 12.0. The summed E-state index contributed by atoms with van der Waals surface area (Å²) in [4.78, 5) is 11.1. The minimum Gasteiger partial charge on any atom is -0.467 e. The quantitative estimate of drug-likeness (QED) is 0.320. The number of rotatable bonds is 11.